The second-order valence-corrected chi connectivity index (χ2v) is 5.47. The molecule has 1 saturated carbocycles. The molecule has 0 heterocycles. The second kappa shape index (κ2) is 8.03. The van der Waals surface area contributed by atoms with Crippen molar-refractivity contribution in [3.8, 4) is 0 Å². The maximum absolute atomic E-state index is 9.73. The van der Waals surface area contributed by atoms with Crippen molar-refractivity contribution < 1.29 is 14.9 Å². The Morgan fingerprint density at radius 1 is 1.29 bits per heavy atom. The summed E-state index contributed by atoms with van der Waals surface area (Å²) in [5.41, 5.74) is 0. The Bertz CT molecular complexity index is 199. The highest BCUT2D eigenvalue weighted by atomic mass is 16.5. The van der Waals surface area contributed by atoms with Gasteiger partial charge in [0.25, 0.3) is 0 Å². The molecule has 4 heteroatoms. The largest absolute Gasteiger partial charge is 0.396 e. The van der Waals surface area contributed by atoms with Crippen LogP contribution < -0.4 is 5.32 Å². The molecule has 4 nitrogen and oxygen atoms in total. The van der Waals surface area contributed by atoms with Crippen LogP contribution in [0.25, 0.3) is 0 Å². The first-order valence-corrected chi connectivity index (χ1v) is 6.73. The zero-order chi connectivity index (χ0) is 12.7. The van der Waals surface area contributed by atoms with Gasteiger partial charge in [0.2, 0.25) is 0 Å². The predicted octanol–water partition coefficient (Wildman–Crippen LogP) is 0.770. The van der Waals surface area contributed by atoms with Crippen molar-refractivity contribution in [3.05, 3.63) is 0 Å². The molecule has 0 radical (unpaired) electrons. The first-order chi connectivity index (χ1) is 8.13. The van der Waals surface area contributed by atoms with Crippen LogP contribution in [0, 0.1) is 11.8 Å². The van der Waals surface area contributed by atoms with Crippen LogP contribution in [-0.4, -0.2) is 48.7 Å². The minimum atomic E-state index is -0.450. The zero-order valence-electron chi connectivity index (χ0n) is 11.1. The Labute approximate surface area is 104 Å². The highest BCUT2D eigenvalue weighted by molar-refractivity contribution is 4.83. The van der Waals surface area contributed by atoms with Crippen LogP contribution in [0.4, 0.5) is 0 Å². The zero-order valence-corrected chi connectivity index (χ0v) is 11.1. The number of rotatable bonds is 8. The van der Waals surface area contributed by atoms with E-state index < -0.39 is 6.10 Å². The molecule has 0 aromatic carbocycles. The monoisotopic (exact) mass is 245 g/mol. The fourth-order valence-electron chi connectivity index (χ4n) is 2.31. The van der Waals surface area contributed by atoms with Gasteiger partial charge in [-0.1, -0.05) is 20.3 Å². The molecular formula is C13H27NO3. The molecule has 0 amide bonds. The van der Waals surface area contributed by atoms with Crippen LogP contribution in [0.1, 0.15) is 33.1 Å². The lowest BCUT2D eigenvalue weighted by Gasteiger charge is -2.21. The maximum atomic E-state index is 9.73. The van der Waals surface area contributed by atoms with Crippen molar-refractivity contribution in [2.45, 2.75) is 45.3 Å². The topological polar surface area (TPSA) is 61.7 Å². The van der Waals surface area contributed by atoms with Gasteiger partial charge in [0, 0.05) is 25.8 Å². The van der Waals surface area contributed by atoms with Crippen LogP contribution in [-0.2, 0) is 4.74 Å². The van der Waals surface area contributed by atoms with Crippen molar-refractivity contribution in [2.24, 2.45) is 11.8 Å². The third-order valence-electron chi connectivity index (χ3n) is 3.27. The van der Waals surface area contributed by atoms with Crippen LogP contribution in [0.15, 0.2) is 0 Å². The molecule has 3 atom stereocenters. The van der Waals surface area contributed by atoms with Crippen molar-refractivity contribution in [3.63, 3.8) is 0 Å². The quantitative estimate of drug-likeness (QED) is 0.591. The van der Waals surface area contributed by atoms with Crippen LogP contribution in [0.3, 0.4) is 0 Å². The number of nitrogens with one attached hydrogen (secondary N) is 1. The summed E-state index contributed by atoms with van der Waals surface area (Å²) in [5, 5.41) is 22.2. The van der Waals surface area contributed by atoms with E-state index in [-0.39, 0.29) is 6.61 Å². The molecule has 1 rings (SSSR count). The third kappa shape index (κ3) is 5.82. The van der Waals surface area contributed by atoms with Crippen molar-refractivity contribution in [1.29, 1.82) is 0 Å². The Morgan fingerprint density at radius 3 is 2.71 bits per heavy atom. The van der Waals surface area contributed by atoms with E-state index in [1.807, 2.05) is 0 Å². The number of aliphatic hydroxyl groups is 2. The van der Waals surface area contributed by atoms with Gasteiger partial charge in [0.15, 0.2) is 0 Å². The van der Waals surface area contributed by atoms with E-state index in [4.69, 9.17) is 4.74 Å². The molecular weight excluding hydrogens is 218 g/mol. The minimum absolute atomic E-state index is 0.248. The van der Waals surface area contributed by atoms with Crippen molar-refractivity contribution >= 4 is 0 Å². The summed E-state index contributed by atoms with van der Waals surface area (Å²) in [5.74, 6) is 0.863. The summed E-state index contributed by atoms with van der Waals surface area (Å²) in [6, 6.07) is 0.361. The third-order valence-corrected chi connectivity index (χ3v) is 3.27. The maximum Gasteiger partial charge on any atom is 0.0897 e. The fourth-order valence-corrected chi connectivity index (χ4v) is 2.31. The van der Waals surface area contributed by atoms with Gasteiger partial charge in [-0.05, 0) is 24.7 Å². The molecule has 0 saturated heterocycles. The van der Waals surface area contributed by atoms with Gasteiger partial charge in [-0.15, -0.1) is 0 Å². The number of hydrogen-bond acceptors (Lipinski definition) is 4. The highest BCUT2D eigenvalue weighted by Gasteiger charge is 2.26. The summed E-state index contributed by atoms with van der Waals surface area (Å²) in [4.78, 5) is 0. The minimum Gasteiger partial charge on any atom is -0.396 e. The number of ether oxygens (including phenoxy) is 1. The first-order valence-electron chi connectivity index (χ1n) is 6.73. The molecule has 17 heavy (non-hydrogen) atoms. The lowest BCUT2D eigenvalue weighted by Crippen LogP contribution is -2.40. The Hall–Kier alpha value is -0.160. The lowest BCUT2D eigenvalue weighted by molar-refractivity contribution is 0.0239. The molecule has 102 valence electrons. The summed E-state index contributed by atoms with van der Waals surface area (Å²) in [6.45, 7) is 6.07. The van der Waals surface area contributed by atoms with Crippen LogP contribution in [0.2, 0.25) is 0 Å². The molecule has 0 bridgehead atoms. The molecule has 0 aromatic rings. The van der Waals surface area contributed by atoms with Gasteiger partial charge in [-0.3, -0.25) is 0 Å². The molecule has 0 spiro atoms. The van der Waals surface area contributed by atoms with E-state index in [0.717, 1.165) is 12.8 Å². The van der Waals surface area contributed by atoms with Gasteiger partial charge in [-0.2, -0.15) is 0 Å². The smallest absolute Gasteiger partial charge is 0.0897 e. The van der Waals surface area contributed by atoms with E-state index in [9.17, 15) is 10.2 Å². The normalized spacial score (nSPS) is 26.6. The Kier molecular flexibility index (Phi) is 7.04. The summed E-state index contributed by atoms with van der Waals surface area (Å²) in [7, 11) is 0. The van der Waals surface area contributed by atoms with Gasteiger partial charge < -0.3 is 20.3 Å². The standard InChI is InChI=1S/C13H27NO3/c1-10(2)8-17-9-12(16)6-14-13-5-3-4-11(13)7-15/h10-16H,3-9H2,1-2H3. The predicted molar refractivity (Wildman–Crippen MR) is 67.9 cm³/mol. The summed E-state index contributed by atoms with van der Waals surface area (Å²) in [6.07, 6.45) is 2.91. The van der Waals surface area contributed by atoms with Crippen LogP contribution >= 0.6 is 0 Å². The molecule has 0 aliphatic heterocycles. The first kappa shape index (κ1) is 14.9. The van der Waals surface area contributed by atoms with E-state index in [1.54, 1.807) is 0 Å². The van der Waals surface area contributed by atoms with Gasteiger partial charge in [0.1, 0.15) is 0 Å². The number of aliphatic hydroxyl groups excluding tert-OH is 2. The molecule has 0 aromatic heterocycles. The molecule has 3 N–H and O–H groups in total. The number of hydrogen-bond donors (Lipinski definition) is 3. The second-order valence-electron chi connectivity index (χ2n) is 5.47. The van der Waals surface area contributed by atoms with Gasteiger partial charge >= 0.3 is 0 Å². The summed E-state index contributed by atoms with van der Waals surface area (Å²) >= 11 is 0. The van der Waals surface area contributed by atoms with Gasteiger partial charge in [-0.25, -0.2) is 0 Å². The molecule has 1 aliphatic carbocycles. The summed E-state index contributed by atoms with van der Waals surface area (Å²) < 4.78 is 5.39. The SMILES string of the molecule is CC(C)COCC(O)CNC1CCCC1CO. The van der Waals surface area contributed by atoms with Crippen LogP contribution in [0.5, 0.6) is 0 Å². The molecule has 1 fully saturated rings. The molecule has 1 aliphatic rings. The van der Waals surface area contributed by atoms with Crippen molar-refractivity contribution in [2.75, 3.05) is 26.4 Å². The average Bonchev–Trinajstić information content (AvgIpc) is 2.73. The van der Waals surface area contributed by atoms with E-state index in [0.29, 0.717) is 37.6 Å². The van der Waals surface area contributed by atoms with E-state index in [2.05, 4.69) is 19.2 Å². The van der Waals surface area contributed by atoms with E-state index >= 15 is 0 Å². The van der Waals surface area contributed by atoms with Gasteiger partial charge in [0.05, 0.1) is 12.7 Å². The highest BCUT2D eigenvalue weighted by Crippen LogP contribution is 2.24. The average molecular weight is 245 g/mol. The fraction of sp³-hybridized carbons (Fsp3) is 1.00. The van der Waals surface area contributed by atoms with E-state index in [1.165, 1.54) is 6.42 Å². The van der Waals surface area contributed by atoms with Crippen molar-refractivity contribution in [1.82, 2.24) is 5.32 Å². The Balaban J connectivity index is 2.08. The lowest BCUT2D eigenvalue weighted by atomic mass is 10.1. The Morgan fingerprint density at radius 2 is 2.06 bits per heavy atom. The molecule has 3 unspecified atom stereocenters.